The summed E-state index contributed by atoms with van der Waals surface area (Å²) >= 11 is 0. The highest BCUT2D eigenvalue weighted by Crippen LogP contribution is 2.34. The Balaban J connectivity index is 1.61. The van der Waals surface area contributed by atoms with Gasteiger partial charge in [0.2, 0.25) is 0 Å². The fourth-order valence-electron chi connectivity index (χ4n) is 3.28. The number of para-hydroxylation sites is 1. The first-order valence-electron chi connectivity index (χ1n) is 7.55. The smallest absolute Gasteiger partial charge is 0.124 e. The molecule has 3 heteroatoms. The first kappa shape index (κ1) is 12.9. The first-order valence-corrected chi connectivity index (χ1v) is 7.55. The summed E-state index contributed by atoms with van der Waals surface area (Å²) in [7, 11) is 0. The van der Waals surface area contributed by atoms with E-state index >= 15 is 0 Å². The molecule has 2 atom stereocenters. The highest BCUT2D eigenvalue weighted by atomic mass is 16.5. The van der Waals surface area contributed by atoms with Crippen LogP contribution in [0.25, 0.3) is 0 Å². The minimum atomic E-state index is 0.256. The summed E-state index contributed by atoms with van der Waals surface area (Å²) in [5.74, 6) is 1.01. The number of hydrogen-bond donors (Lipinski definition) is 1. The van der Waals surface area contributed by atoms with Crippen molar-refractivity contribution in [3.63, 3.8) is 0 Å². The van der Waals surface area contributed by atoms with Crippen LogP contribution in [0.2, 0.25) is 0 Å². The van der Waals surface area contributed by atoms with Gasteiger partial charge in [-0.3, -0.25) is 0 Å². The van der Waals surface area contributed by atoms with E-state index in [0.29, 0.717) is 6.04 Å². The fraction of sp³-hybridized carbons (Fsp3) is 0.333. The lowest BCUT2D eigenvalue weighted by Crippen LogP contribution is -2.35. The Morgan fingerprint density at radius 3 is 2.67 bits per heavy atom. The van der Waals surface area contributed by atoms with E-state index in [9.17, 15) is 0 Å². The third-order valence-corrected chi connectivity index (χ3v) is 4.33. The highest BCUT2D eigenvalue weighted by Gasteiger charge is 2.27. The number of benzene rings is 2. The van der Waals surface area contributed by atoms with Gasteiger partial charge in [-0.15, -0.1) is 0 Å². The maximum absolute atomic E-state index is 5.74. The van der Waals surface area contributed by atoms with Gasteiger partial charge in [-0.2, -0.15) is 0 Å². The fourth-order valence-corrected chi connectivity index (χ4v) is 3.28. The van der Waals surface area contributed by atoms with Gasteiger partial charge in [0.05, 0.1) is 25.9 Å². The Hall–Kier alpha value is -1.84. The SMILES string of the molecule is c1ccc2c(c1)COCC2NC1CCOc2ccccc21. The summed E-state index contributed by atoms with van der Waals surface area (Å²) in [6, 6.07) is 17.4. The molecule has 0 aromatic heterocycles. The third-order valence-electron chi connectivity index (χ3n) is 4.33. The number of fused-ring (bicyclic) bond motifs is 2. The van der Waals surface area contributed by atoms with E-state index in [2.05, 4.69) is 47.8 Å². The lowest BCUT2D eigenvalue weighted by atomic mass is 9.95. The highest BCUT2D eigenvalue weighted by molar-refractivity contribution is 5.38. The molecule has 2 aliphatic heterocycles. The molecule has 2 heterocycles. The molecule has 108 valence electrons. The molecule has 2 unspecified atom stereocenters. The van der Waals surface area contributed by atoms with Gasteiger partial charge in [0.25, 0.3) is 0 Å². The molecule has 2 aromatic carbocycles. The van der Waals surface area contributed by atoms with E-state index in [1.807, 2.05) is 6.07 Å². The normalized spacial score (nSPS) is 23.8. The molecule has 0 aliphatic carbocycles. The van der Waals surface area contributed by atoms with Gasteiger partial charge >= 0.3 is 0 Å². The van der Waals surface area contributed by atoms with Gasteiger partial charge in [0.15, 0.2) is 0 Å². The molecule has 2 aliphatic rings. The van der Waals surface area contributed by atoms with E-state index in [1.54, 1.807) is 0 Å². The van der Waals surface area contributed by atoms with Crippen LogP contribution in [0.5, 0.6) is 5.75 Å². The molecule has 0 saturated heterocycles. The Labute approximate surface area is 124 Å². The second-order valence-corrected chi connectivity index (χ2v) is 5.66. The van der Waals surface area contributed by atoms with Crippen molar-refractivity contribution in [3.8, 4) is 5.75 Å². The van der Waals surface area contributed by atoms with Gasteiger partial charge in [-0.1, -0.05) is 42.5 Å². The van der Waals surface area contributed by atoms with Crippen molar-refractivity contribution >= 4 is 0 Å². The first-order chi connectivity index (χ1) is 10.4. The molecule has 3 nitrogen and oxygen atoms in total. The molecule has 2 aromatic rings. The van der Waals surface area contributed by atoms with Crippen LogP contribution in [0, 0.1) is 0 Å². The predicted molar refractivity (Wildman–Crippen MR) is 81.3 cm³/mol. The summed E-state index contributed by atoms with van der Waals surface area (Å²) in [6.45, 7) is 2.22. The third kappa shape index (κ3) is 2.43. The van der Waals surface area contributed by atoms with E-state index < -0.39 is 0 Å². The van der Waals surface area contributed by atoms with Crippen molar-refractivity contribution < 1.29 is 9.47 Å². The van der Waals surface area contributed by atoms with Crippen LogP contribution in [-0.2, 0) is 11.3 Å². The van der Waals surface area contributed by atoms with Gasteiger partial charge in [-0.05, 0) is 17.2 Å². The predicted octanol–water partition coefficient (Wildman–Crippen LogP) is 3.37. The molecule has 21 heavy (non-hydrogen) atoms. The second-order valence-electron chi connectivity index (χ2n) is 5.66. The van der Waals surface area contributed by atoms with Crippen molar-refractivity contribution in [2.45, 2.75) is 25.1 Å². The standard InChI is InChI=1S/C18H19NO2/c1-2-6-14-13(5-1)11-20-12-17(14)19-16-9-10-21-18-8-4-3-7-15(16)18/h1-8,16-17,19H,9-12H2. The Morgan fingerprint density at radius 2 is 1.71 bits per heavy atom. The number of nitrogens with one attached hydrogen (secondary N) is 1. The number of hydrogen-bond acceptors (Lipinski definition) is 3. The number of ether oxygens (including phenoxy) is 2. The summed E-state index contributed by atoms with van der Waals surface area (Å²) in [5.41, 5.74) is 3.92. The zero-order chi connectivity index (χ0) is 14.1. The Morgan fingerprint density at radius 1 is 0.905 bits per heavy atom. The lowest BCUT2D eigenvalue weighted by Gasteiger charge is -2.33. The van der Waals surface area contributed by atoms with Crippen molar-refractivity contribution in [2.24, 2.45) is 0 Å². The van der Waals surface area contributed by atoms with Crippen LogP contribution in [-0.4, -0.2) is 13.2 Å². The van der Waals surface area contributed by atoms with Crippen LogP contribution < -0.4 is 10.1 Å². The van der Waals surface area contributed by atoms with Crippen LogP contribution in [0.1, 0.15) is 35.2 Å². The average Bonchev–Trinajstić information content (AvgIpc) is 2.56. The zero-order valence-electron chi connectivity index (χ0n) is 11.9. The summed E-state index contributed by atoms with van der Waals surface area (Å²) in [4.78, 5) is 0. The summed E-state index contributed by atoms with van der Waals surface area (Å²) < 4.78 is 11.5. The van der Waals surface area contributed by atoms with Crippen LogP contribution >= 0.6 is 0 Å². The molecule has 1 N–H and O–H groups in total. The Kier molecular flexibility index (Phi) is 3.37. The monoisotopic (exact) mass is 281 g/mol. The second kappa shape index (κ2) is 5.51. The van der Waals surface area contributed by atoms with Gasteiger partial charge in [0, 0.05) is 18.0 Å². The van der Waals surface area contributed by atoms with E-state index in [4.69, 9.17) is 9.47 Å². The van der Waals surface area contributed by atoms with Gasteiger partial charge < -0.3 is 14.8 Å². The molecule has 0 radical (unpaired) electrons. The maximum Gasteiger partial charge on any atom is 0.124 e. The van der Waals surface area contributed by atoms with E-state index in [-0.39, 0.29) is 6.04 Å². The zero-order valence-corrected chi connectivity index (χ0v) is 11.9. The molecular weight excluding hydrogens is 262 g/mol. The molecule has 0 saturated carbocycles. The topological polar surface area (TPSA) is 30.5 Å². The lowest BCUT2D eigenvalue weighted by molar-refractivity contribution is 0.0758. The van der Waals surface area contributed by atoms with Crippen LogP contribution in [0.15, 0.2) is 48.5 Å². The maximum atomic E-state index is 5.74. The minimum Gasteiger partial charge on any atom is -0.493 e. The van der Waals surface area contributed by atoms with Crippen molar-refractivity contribution in [1.82, 2.24) is 5.32 Å². The summed E-state index contributed by atoms with van der Waals surface area (Å²) in [5, 5.41) is 3.77. The van der Waals surface area contributed by atoms with E-state index in [0.717, 1.165) is 32.0 Å². The van der Waals surface area contributed by atoms with Crippen molar-refractivity contribution in [1.29, 1.82) is 0 Å². The van der Waals surface area contributed by atoms with Gasteiger partial charge in [-0.25, -0.2) is 0 Å². The summed E-state index contributed by atoms with van der Waals surface area (Å²) in [6.07, 6.45) is 0.996. The van der Waals surface area contributed by atoms with Crippen molar-refractivity contribution in [3.05, 3.63) is 65.2 Å². The molecule has 0 fully saturated rings. The quantitative estimate of drug-likeness (QED) is 0.915. The molecule has 4 rings (SSSR count). The molecule has 0 bridgehead atoms. The van der Waals surface area contributed by atoms with E-state index in [1.165, 1.54) is 16.7 Å². The van der Waals surface area contributed by atoms with Crippen LogP contribution in [0.3, 0.4) is 0 Å². The molecule has 0 spiro atoms. The van der Waals surface area contributed by atoms with Crippen LogP contribution in [0.4, 0.5) is 0 Å². The molecule has 0 amide bonds. The largest absolute Gasteiger partial charge is 0.493 e. The molecular formula is C18H19NO2. The van der Waals surface area contributed by atoms with Gasteiger partial charge in [0.1, 0.15) is 5.75 Å². The minimum absolute atomic E-state index is 0.256. The Bertz CT molecular complexity index is 585. The van der Waals surface area contributed by atoms with Crippen molar-refractivity contribution in [2.75, 3.05) is 13.2 Å². The number of rotatable bonds is 2. The average molecular weight is 281 g/mol.